The van der Waals surface area contributed by atoms with E-state index in [2.05, 4.69) is 35.4 Å². The van der Waals surface area contributed by atoms with E-state index in [1.54, 1.807) is 0 Å². The van der Waals surface area contributed by atoms with Crippen LogP contribution in [0, 0.1) is 0 Å². The maximum absolute atomic E-state index is 5.94. The standard InChI is InChI=1S/C23H23N2O2.HI/c1-3-24-18-12-8-10-14-20(18)26-22(24)16-6-5-7-17-23-25(4-2)19-13-9-11-15-21(19)27-23;/h5-17H,3-4H2,1-2H3;1H/q+1;. The molecule has 0 radical (unpaired) electrons. The third-order valence-electron chi connectivity index (χ3n) is 4.61. The summed E-state index contributed by atoms with van der Waals surface area (Å²) in [6.45, 7) is 5.96. The predicted molar refractivity (Wildman–Crippen MR) is 124 cm³/mol. The molecule has 5 heteroatoms. The van der Waals surface area contributed by atoms with E-state index in [-0.39, 0.29) is 24.0 Å². The average Bonchev–Trinajstić information content (AvgIpc) is 3.24. The maximum Gasteiger partial charge on any atom is 0.374 e. The van der Waals surface area contributed by atoms with Crippen molar-refractivity contribution in [3.63, 3.8) is 0 Å². The molecule has 3 aromatic rings. The number of rotatable bonds is 5. The highest BCUT2D eigenvalue weighted by molar-refractivity contribution is 14.0. The van der Waals surface area contributed by atoms with E-state index in [1.807, 2.05) is 66.8 Å². The van der Waals surface area contributed by atoms with Crippen LogP contribution in [-0.4, -0.2) is 6.54 Å². The number of allylic oxidation sites excluding steroid dienone is 4. The molecule has 4 rings (SSSR count). The van der Waals surface area contributed by atoms with Crippen LogP contribution < -0.4 is 14.2 Å². The van der Waals surface area contributed by atoms with E-state index in [0.717, 1.165) is 47.4 Å². The molecule has 1 aliphatic rings. The Hall–Kier alpha value is -2.54. The second kappa shape index (κ2) is 9.10. The van der Waals surface area contributed by atoms with Gasteiger partial charge in [-0.05, 0) is 38.1 Å². The fourth-order valence-corrected chi connectivity index (χ4v) is 3.35. The Morgan fingerprint density at radius 3 is 2.57 bits per heavy atom. The van der Waals surface area contributed by atoms with Crippen molar-refractivity contribution in [2.45, 2.75) is 20.4 Å². The summed E-state index contributed by atoms with van der Waals surface area (Å²) in [7, 11) is 0. The van der Waals surface area contributed by atoms with Gasteiger partial charge in [-0.3, -0.25) is 0 Å². The summed E-state index contributed by atoms with van der Waals surface area (Å²) in [6, 6.07) is 16.2. The average molecular weight is 487 g/mol. The largest absolute Gasteiger partial charge is 0.439 e. The molecule has 0 spiro atoms. The van der Waals surface area contributed by atoms with E-state index in [9.17, 15) is 0 Å². The van der Waals surface area contributed by atoms with Crippen LogP contribution >= 0.6 is 24.0 Å². The molecule has 0 bridgehead atoms. The summed E-state index contributed by atoms with van der Waals surface area (Å²) in [6.07, 6.45) is 9.93. The second-order valence-corrected chi connectivity index (χ2v) is 6.22. The molecule has 0 amide bonds. The number of para-hydroxylation sites is 4. The van der Waals surface area contributed by atoms with E-state index in [1.165, 1.54) is 0 Å². The number of hydrogen-bond acceptors (Lipinski definition) is 3. The van der Waals surface area contributed by atoms with Gasteiger partial charge in [0.15, 0.2) is 5.75 Å². The van der Waals surface area contributed by atoms with Crippen LogP contribution in [0.5, 0.6) is 5.75 Å². The van der Waals surface area contributed by atoms with Crippen molar-refractivity contribution in [3.8, 4) is 5.75 Å². The highest BCUT2D eigenvalue weighted by atomic mass is 127. The monoisotopic (exact) mass is 487 g/mol. The Balaban J connectivity index is 0.00000225. The minimum Gasteiger partial charge on any atom is -0.439 e. The molecule has 4 nitrogen and oxygen atoms in total. The highest BCUT2D eigenvalue weighted by Gasteiger charge is 2.23. The van der Waals surface area contributed by atoms with Gasteiger partial charge in [-0.2, -0.15) is 4.57 Å². The zero-order valence-electron chi connectivity index (χ0n) is 16.0. The molecule has 28 heavy (non-hydrogen) atoms. The van der Waals surface area contributed by atoms with Crippen LogP contribution in [0.15, 0.2) is 83.1 Å². The minimum atomic E-state index is 0. The smallest absolute Gasteiger partial charge is 0.374 e. The zero-order valence-corrected chi connectivity index (χ0v) is 18.4. The summed E-state index contributed by atoms with van der Waals surface area (Å²) in [5.74, 6) is 2.59. The lowest BCUT2D eigenvalue weighted by molar-refractivity contribution is -0.674. The van der Waals surface area contributed by atoms with Gasteiger partial charge in [0.05, 0.1) is 11.8 Å². The van der Waals surface area contributed by atoms with Gasteiger partial charge in [0, 0.05) is 12.6 Å². The lowest BCUT2D eigenvalue weighted by Crippen LogP contribution is -2.33. The first-order chi connectivity index (χ1) is 13.3. The number of benzene rings is 2. The fraction of sp³-hybridized carbons (Fsp3) is 0.174. The van der Waals surface area contributed by atoms with Gasteiger partial charge in [0.2, 0.25) is 11.5 Å². The summed E-state index contributed by atoms with van der Waals surface area (Å²) >= 11 is 0. The number of aryl methyl sites for hydroxylation is 1. The van der Waals surface area contributed by atoms with Crippen LogP contribution in [0.1, 0.15) is 19.7 Å². The Labute approximate surface area is 182 Å². The molecule has 0 saturated carbocycles. The van der Waals surface area contributed by atoms with Gasteiger partial charge in [-0.15, -0.1) is 24.0 Å². The van der Waals surface area contributed by atoms with Crippen molar-refractivity contribution < 1.29 is 13.7 Å². The third-order valence-corrected chi connectivity index (χ3v) is 4.61. The van der Waals surface area contributed by atoms with E-state index >= 15 is 0 Å². The molecule has 0 fully saturated rings. The van der Waals surface area contributed by atoms with Crippen molar-refractivity contribution in [3.05, 3.63) is 84.6 Å². The van der Waals surface area contributed by atoms with Crippen molar-refractivity contribution >= 4 is 46.8 Å². The van der Waals surface area contributed by atoms with Crippen LogP contribution in [-0.2, 0) is 6.54 Å². The molecule has 0 aliphatic carbocycles. The van der Waals surface area contributed by atoms with Gasteiger partial charge in [-0.1, -0.05) is 42.5 Å². The van der Waals surface area contributed by atoms with Gasteiger partial charge >= 0.3 is 5.89 Å². The number of hydrogen-bond donors (Lipinski definition) is 0. The molecular formula is C23H24IN2O2+. The molecule has 0 unspecified atom stereocenters. The lowest BCUT2D eigenvalue weighted by Gasteiger charge is -2.14. The first-order valence-corrected chi connectivity index (χ1v) is 9.32. The number of aromatic nitrogens is 1. The summed E-state index contributed by atoms with van der Waals surface area (Å²) in [5, 5.41) is 0. The summed E-state index contributed by atoms with van der Waals surface area (Å²) < 4.78 is 14.0. The Bertz CT molecular complexity index is 1050. The zero-order chi connectivity index (χ0) is 18.6. The molecular weight excluding hydrogens is 463 g/mol. The normalized spacial score (nSPS) is 14.8. The van der Waals surface area contributed by atoms with Crippen LogP contribution in [0.2, 0.25) is 0 Å². The van der Waals surface area contributed by atoms with Crippen molar-refractivity contribution in [2.24, 2.45) is 0 Å². The van der Waals surface area contributed by atoms with Gasteiger partial charge in [-0.25, -0.2) is 0 Å². The highest BCUT2D eigenvalue weighted by Crippen LogP contribution is 2.38. The van der Waals surface area contributed by atoms with Crippen molar-refractivity contribution in [2.75, 3.05) is 11.4 Å². The maximum atomic E-state index is 5.94. The first kappa shape index (κ1) is 20.2. The molecule has 0 N–H and O–H groups in total. The topological polar surface area (TPSA) is 29.5 Å². The predicted octanol–water partition coefficient (Wildman–Crippen LogP) is 5.69. The molecule has 2 aromatic carbocycles. The van der Waals surface area contributed by atoms with Crippen molar-refractivity contribution in [1.82, 2.24) is 0 Å². The number of ether oxygens (including phenoxy) is 1. The van der Waals surface area contributed by atoms with E-state index in [4.69, 9.17) is 9.15 Å². The van der Waals surface area contributed by atoms with Gasteiger partial charge < -0.3 is 14.1 Å². The Kier molecular flexibility index (Phi) is 6.57. The van der Waals surface area contributed by atoms with Crippen LogP contribution in [0.25, 0.3) is 17.2 Å². The Morgan fingerprint density at radius 1 is 0.964 bits per heavy atom. The molecule has 0 saturated heterocycles. The minimum absolute atomic E-state index is 0. The summed E-state index contributed by atoms with van der Waals surface area (Å²) in [4.78, 5) is 2.16. The van der Waals surface area contributed by atoms with E-state index in [0.29, 0.717) is 0 Å². The second-order valence-electron chi connectivity index (χ2n) is 6.22. The van der Waals surface area contributed by atoms with Crippen LogP contribution in [0.4, 0.5) is 5.69 Å². The summed E-state index contributed by atoms with van der Waals surface area (Å²) in [5.41, 5.74) is 3.13. The van der Waals surface area contributed by atoms with Gasteiger partial charge in [0.25, 0.3) is 5.52 Å². The lowest BCUT2D eigenvalue weighted by atomic mass is 10.3. The third kappa shape index (κ3) is 3.85. The first-order valence-electron chi connectivity index (χ1n) is 9.32. The molecule has 2 heterocycles. The van der Waals surface area contributed by atoms with Gasteiger partial charge in [0.1, 0.15) is 6.54 Å². The molecule has 1 aliphatic heterocycles. The number of oxazole rings is 1. The number of halogens is 1. The molecule has 0 atom stereocenters. The molecule has 144 valence electrons. The number of anilines is 1. The SMILES string of the molecule is CCN1\C(=C/C=C/C=C/c2oc3ccccc3[n+]2CC)Oc2ccccc21.I. The molecule has 1 aromatic heterocycles. The van der Waals surface area contributed by atoms with E-state index < -0.39 is 0 Å². The van der Waals surface area contributed by atoms with Crippen molar-refractivity contribution in [1.29, 1.82) is 0 Å². The number of nitrogens with zero attached hydrogens (tertiary/aromatic N) is 2. The number of fused-ring (bicyclic) bond motifs is 2. The quantitative estimate of drug-likeness (QED) is 0.263. The fourth-order valence-electron chi connectivity index (χ4n) is 3.35. The Morgan fingerprint density at radius 2 is 1.75 bits per heavy atom. The van der Waals surface area contributed by atoms with Crippen LogP contribution in [0.3, 0.4) is 0 Å².